The smallest absolute Gasteiger partial charge is 0.236 e. The van der Waals surface area contributed by atoms with Crippen molar-refractivity contribution in [1.29, 1.82) is 0 Å². The first-order valence-corrected chi connectivity index (χ1v) is 10.1. The van der Waals surface area contributed by atoms with Crippen LogP contribution in [0.15, 0.2) is 36.7 Å². The number of fused-ring (bicyclic) bond motifs is 1. The van der Waals surface area contributed by atoms with Gasteiger partial charge in [-0.2, -0.15) is 9.61 Å². The zero-order valence-corrected chi connectivity index (χ0v) is 17.3. The summed E-state index contributed by atoms with van der Waals surface area (Å²) in [4.78, 5) is 4.22. The minimum atomic E-state index is -0.390. The predicted octanol–water partition coefficient (Wildman–Crippen LogP) is 2.71. The van der Waals surface area contributed by atoms with Crippen LogP contribution < -0.4 is 4.74 Å². The highest BCUT2D eigenvalue weighted by atomic mass is 19.1. The van der Waals surface area contributed by atoms with Crippen LogP contribution in [0.25, 0.3) is 17.0 Å². The third-order valence-corrected chi connectivity index (χ3v) is 5.71. The van der Waals surface area contributed by atoms with Crippen molar-refractivity contribution >= 4 is 5.65 Å². The van der Waals surface area contributed by atoms with Gasteiger partial charge in [0.15, 0.2) is 23.9 Å². The van der Waals surface area contributed by atoms with Gasteiger partial charge in [0.1, 0.15) is 12.1 Å². The summed E-state index contributed by atoms with van der Waals surface area (Å²) in [5.74, 6) is 0.907. The summed E-state index contributed by atoms with van der Waals surface area (Å²) in [5, 5.41) is 17.4. The Balaban J connectivity index is 1.61. The van der Waals surface area contributed by atoms with Crippen LogP contribution in [0.1, 0.15) is 31.2 Å². The van der Waals surface area contributed by atoms with E-state index >= 15 is 0 Å². The maximum Gasteiger partial charge on any atom is 0.236 e. The van der Waals surface area contributed by atoms with Gasteiger partial charge in [-0.05, 0) is 31.0 Å². The Morgan fingerprint density at radius 1 is 1.16 bits per heavy atom. The van der Waals surface area contributed by atoms with Gasteiger partial charge in [0.2, 0.25) is 5.88 Å². The van der Waals surface area contributed by atoms with Gasteiger partial charge in [-0.1, -0.05) is 19.1 Å². The fourth-order valence-electron chi connectivity index (χ4n) is 3.84. The van der Waals surface area contributed by atoms with E-state index < -0.39 is 0 Å². The van der Waals surface area contributed by atoms with Gasteiger partial charge in [-0.15, -0.1) is 15.3 Å². The second-order valence-electron chi connectivity index (χ2n) is 7.93. The van der Waals surface area contributed by atoms with Crippen LogP contribution in [-0.2, 0) is 23.8 Å². The highest BCUT2D eigenvalue weighted by Gasteiger charge is 2.34. The van der Waals surface area contributed by atoms with Crippen molar-refractivity contribution in [2.45, 2.75) is 31.8 Å². The summed E-state index contributed by atoms with van der Waals surface area (Å²) in [7, 11) is 1.80. The number of hydrogen-bond donors (Lipinski definition) is 0. The molecule has 1 saturated heterocycles. The average Bonchev–Trinajstić information content (AvgIpc) is 3.38. The molecule has 0 radical (unpaired) electrons. The summed E-state index contributed by atoms with van der Waals surface area (Å²) in [5.41, 5.74) is 1.59. The van der Waals surface area contributed by atoms with Crippen LogP contribution in [0, 0.1) is 5.82 Å². The van der Waals surface area contributed by atoms with Crippen molar-refractivity contribution in [3.8, 4) is 17.3 Å². The molecule has 1 aromatic carbocycles. The predicted molar refractivity (Wildman–Crippen MR) is 109 cm³/mol. The molecule has 0 saturated carbocycles. The Hall–Kier alpha value is -3.40. The van der Waals surface area contributed by atoms with E-state index in [0.29, 0.717) is 42.0 Å². The fraction of sp³-hybridized carbons (Fsp3) is 0.381. The Morgan fingerprint density at radius 3 is 2.71 bits per heavy atom. The third kappa shape index (κ3) is 3.63. The molecule has 160 valence electrons. The minimum Gasteiger partial charge on any atom is -0.468 e. The fourth-order valence-corrected chi connectivity index (χ4v) is 3.84. The first-order chi connectivity index (χ1) is 15.0. The molecule has 0 atom stereocenters. The van der Waals surface area contributed by atoms with Crippen molar-refractivity contribution < 1.29 is 13.9 Å². The number of aryl methyl sites for hydroxylation is 1. The normalized spacial score (nSPS) is 16.0. The van der Waals surface area contributed by atoms with E-state index in [-0.39, 0.29) is 17.8 Å². The molecule has 0 N–H and O–H groups in total. The van der Waals surface area contributed by atoms with Gasteiger partial charge < -0.3 is 9.47 Å². The molecule has 1 aliphatic heterocycles. The maximum atomic E-state index is 14.4. The molecule has 0 spiro atoms. The van der Waals surface area contributed by atoms with Gasteiger partial charge in [-0.3, -0.25) is 4.68 Å². The van der Waals surface area contributed by atoms with Crippen LogP contribution in [-0.4, -0.2) is 47.8 Å². The molecule has 4 heterocycles. The third-order valence-electron chi connectivity index (χ3n) is 5.71. The quantitative estimate of drug-likeness (QED) is 0.487. The molecule has 4 aromatic rings. The number of aromatic nitrogens is 7. The zero-order valence-electron chi connectivity index (χ0n) is 17.3. The lowest BCUT2D eigenvalue weighted by Gasteiger charge is -2.34. The first kappa shape index (κ1) is 19.6. The van der Waals surface area contributed by atoms with Gasteiger partial charge in [0, 0.05) is 31.2 Å². The van der Waals surface area contributed by atoms with Crippen LogP contribution in [0.5, 0.6) is 5.88 Å². The highest BCUT2D eigenvalue weighted by Crippen LogP contribution is 2.39. The van der Waals surface area contributed by atoms with Gasteiger partial charge >= 0.3 is 0 Å². The monoisotopic (exact) mass is 423 g/mol. The van der Waals surface area contributed by atoms with E-state index in [4.69, 9.17) is 14.6 Å². The number of ether oxygens (including phenoxy) is 2. The molecule has 1 fully saturated rings. The lowest BCUT2D eigenvalue weighted by atomic mass is 9.76. The number of halogens is 1. The van der Waals surface area contributed by atoms with E-state index in [1.165, 1.54) is 10.6 Å². The SMILES string of the molecule is Cn1cnc(COc2nn3c(-c4ccccc4F)nnc3cc2C2(C)CCOCC2)n1. The minimum absolute atomic E-state index is 0.163. The molecule has 0 bridgehead atoms. The van der Waals surface area contributed by atoms with E-state index in [2.05, 4.69) is 27.2 Å². The summed E-state index contributed by atoms with van der Waals surface area (Å²) in [6.07, 6.45) is 3.28. The standard InChI is InChI=1S/C21H22FN7O2/c1-21(7-9-30-10-8-21)15-11-18-24-25-19(14-5-3-4-6-16(14)22)29(18)27-20(15)31-12-17-23-13-28(2)26-17/h3-6,11,13H,7-10,12H2,1-2H3. The largest absolute Gasteiger partial charge is 0.468 e. The van der Waals surface area contributed by atoms with Crippen molar-refractivity contribution in [3.05, 3.63) is 53.9 Å². The van der Waals surface area contributed by atoms with Crippen molar-refractivity contribution in [2.24, 2.45) is 7.05 Å². The summed E-state index contributed by atoms with van der Waals surface area (Å²) in [6, 6.07) is 8.35. The molecular formula is C21H22FN7O2. The first-order valence-electron chi connectivity index (χ1n) is 10.1. The zero-order chi connectivity index (χ0) is 21.4. The Bertz CT molecular complexity index is 1230. The molecule has 9 nitrogen and oxygen atoms in total. The van der Waals surface area contributed by atoms with E-state index in [1.807, 2.05) is 6.07 Å². The number of rotatable bonds is 5. The van der Waals surface area contributed by atoms with E-state index in [9.17, 15) is 4.39 Å². The molecule has 0 aliphatic carbocycles. The second kappa shape index (κ2) is 7.69. The highest BCUT2D eigenvalue weighted by molar-refractivity contribution is 5.60. The Morgan fingerprint density at radius 2 is 1.97 bits per heavy atom. The molecule has 0 amide bonds. The maximum absolute atomic E-state index is 14.4. The van der Waals surface area contributed by atoms with Crippen molar-refractivity contribution in [1.82, 2.24) is 34.6 Å². The van der Waals surface area contributed by atoms with Crippen LogP contribution in [0.4, 0.5) is 4.39 Å². The number of hydrogen-bond acceptors (Lipinski definition) is 7. The average molecular weight is 423 g/mol. The molecule has 1 aliphatic rings. The summed E-state index contributed by atoms with van der Waals surface area (Å²) in [6.45, 7) is 3.66. The molecule has 10 heteroatoms. The molecule has 5 rings (SSSR count). The Labute approximate surface area is 177 Å². The lowest BCUT2D eigenvalue weighted by Crippen LogP contribution is -2.31. The van der Waals surface area contributed by atoms with E-state index in [1.54, 1.807) is 36.3 Å². The van der Waals surface area contributed by atoms with Gasteiger partial charge in [0.25, 0.3) is 0 Å². The number of nitrogens with zero attached hydrogens (tertiary/aromatic N) is 7. The Kier molecular flexibility index (Phi) is 4.85. The van der Waals surface area contributed by atoms with Crippen LogP contribution in [0.2, 0.25) is 0 Å². The molecule has 0 unspecified atom stereocenters. The lowest BCUT2D eigenvalue weighted by molar-refractivity contribution is 0.0549. The van der Waals surface area contributed by atoms with Crippen molar-refractivity contribution in [2.75, 3.05) is 13.2 Å². The molecule has 3 aromatic heterocycles. The topological polar surface area (TPSA) is 92.2 Å². The molecule has 31 heavy (non-hydrogen) atoms. The van der Waals surface area contributed by atoms with Crippen LogP contribution in [0.3, 0.4) is 0 Å². The van der Waals surface area contributed by atoms with E-state index in [0.717, 1.165) is 18.4 Å². The van der Waals surface area contributed by atoms with Crippen molar-refractivity contribution in [3.63, 3.8) is 0 Å². The summed E-state index contributed by atoms with van der Waals surface area (Å²) < 4.78 is 29.2. The second-order valence-corrected chi connectivity index (χ2v) is 7.93. The van der Waals surface area contributed by atoms with Crippen LogP contribution >= 0.6 is 0 Å². The van der Waals surface area contributed by atoms with Gasteiger partial charge in [-0.25, -0.2) is 9.37 Å². The summed E-state index contributed by atoms with van der Waals surface area (Å²) >= 11 is 0. The number of benzene rings is 1. The van der Waals surface area contributed by atoms with Gasteiger partial charge in [0.05, 0.1) is 5.56 Å². The molecular weight excluding hydrogens is 401 g/mol.